The molecule has 14 heteroatoms. The van der Waals surface area contributed by atoms with Crippen LogP contribution in [-0.4, -0.2) is 49.6 Å². The third kappa shape index (κ3) is 4.48. The lowest BCUT2D eigenvalue weighted by molar-refractivity contribution is 0.0877. The maximum absolute atomic E-state index is 15.2. The Bertz CT molecular complexity index is 4470. The number of aromatic hydroxyl groups is 6. The predicted octanol–water partition coefficient (Wildman–Crippen LogP) is 11.7. The molecule has 0 radical (unpaired) electrons. The molecule has 8 aromatic carbocycles. The summed E-state index contributed by atoms with van der Waals surface area (Å²) in [6, 6.07) is 26.1. The van der Waals surface area contributed by atoms with Crippen LogP contribution in [0.1, 0.15) is 34.4 Å². The Morgan fingerprint density at radius 2 is 1.12 bits per heavy atom. The number of nitrogens with zero attached hydrogens (tertiary/aromatic N) is 4. The summed E-state index contributed by atoms with van der Waals surface area (Å²) in [6.07, 6.45) is 5.83. The Morgan fingerprint density at radius 1 is 0.515 bits per heavy atom. The van der Waals surface area contributed by atoms with Crippen molar-refractivity contribution in [1.82, 2.24) is 18.9 Å². The van der Waals surface area contributed by atoms with Gasteiger partial charge in [-0.2, -0.15) is 0 Å². The molecule has 0 atom stereocenters. The lowest BCUT2D eigenvalue weighted by atomic mass is 9.96. The molecule has 330 valence electrons. The van der Waals surface area contributed by atoms with Crippen LogP contribution < -0.4 is 5.43 Å². The van der Waals surface area contributed by atoms with Crippen LogP contribution in [0.5, 0.6) is 34.5 Å². The highest BCUT2D eigenvalue weighted by atomic mass is 17.0. The molecule has 0 saturated carbocycles. The van der Waals surface area contributed by atoms with Gasteiger partial charge in [0.25, 0.3) is 5.58 Å². The molecule has 0 unspecified atom stereocenters. The first-order valence-corrected chi connectivity index (χ1v) is 22.0. The van der Waals surface area contributed by atoms with Gasteiger partial charge >= 0.3 is 0 Å². The number of benzene rings is 7. The van der Waals surface area contributed by atoms with E-state index in [-0.39, 0.29) is 77.3 Å². The lowest BCUT2D eigenvalue weighted by Crippen LogP contribution is -2.05. The smallest absolute Gasteiger partial charge is 0.251 e. The van der Waals surface area contributed by atoms with E-state index >= 15 is 4.79 Å². The highest BCUT2D eigenvalue weighted by molar-refractivity contribution is 6.42. The SMILES string of the molecule is Cc1c(O)c2c(=O)c3c(O)c(O)c4oc5c(C)c(O)c(O)c6ooc7c(O)c8c(c2c(c1C)n8-c1ccc(-c2nc8c(c(-c9ccc(-c%10ccccc%10)cc9)n2)C=CCC8)cc1)c1c3c4n(c56)c71. The molecule has 0 aliphatic heterocycles. The molecule has 5 aromatic heterocycles. The predicted molar refractivity (Wildman–Crippen MR) is 258 cm³/mol. The molecule has 14 rings (SSSR count). The topological polar surface area (TPSA) is 213 Å². The third-order valence-corrected chi connectivity index (χ3v) is 14.3. The molecule has 13 aromatic rings. The maximum Gasteiger partial charge on any atom is 0.251 e. The van der Waals surface area contributed by atoms with E-state index in [4.69, 9.17) is 23.5 Å². The van der Waals surface area contributed by atoms with E-state index in [0.717, 1.165) is 52.0 Å². The number of phenolic OH excluding ortho intramolecular Hbond substituents is 6. The molecule has 6 N–H and O–H groups in total. The highest BCUT2D eigenvalue weighted by Crippen LogP contribution is 2.57. The standard InChI is InChI=1S/C54H34N4O10/c1-21-22(2)43(59)35-33-31-32-34-36(45(35)61)46(62)49(65)51-40(34)58-41(32)52(67-68-53-42(58)50(66-51)23(3)44(60)48(53)64)47(63)39(31)57(38(21)33)28-19-17-27(18-20-28)54-55-30-12-8-7-11-29(30)37(56-54)26-15-13-25(14-16-26)24-9-5-4-6-10-24/h4-7,9-11,13-20,59-60,62-65H,8,12H2,1-3H3. The summed E-state index contributed by atoms with van der Waals surface area (Å²) in [5, 5.41) is 71.2. The van der Waals surface area contributed by atoms with Crippen molar-refractivity contribution in [3.63, 3.8) is 0 Å². The number of rotatable bonds is 4. The van der Waals surface area contributed by atoms with Gasteiger partial charge in [-0.15, -0.1) is 0 Å². The average Bonchev–Trinajstić information content (AvgIpc) is 3.78. The van der Waals surface area contributed by atoms with Crippen molar-refractivity contribution in [1.29, 1.82) is 0 Å². The summed E-state index contributed by atoms with van der Waals surface area (Å²) in [5.74, 6) is -3.11. The quantitative estimate of drug-likeness (QED) is 0.0553. The zero-order valence-electron chi connectivity index (χ0n) is 36.2. The average molecular weight is 899 g/mol. The van der Waals surface area contributed by atoms with Crippen molar-refractivity contribution in [3.8, 4) is 74.0 Å². The van der Waals surface area contributed by atoms with Gasteiger partial charge in [-0.3, -0.25) is 18.3 Å². The molecule has 0 bridgehead atoms. The highest BCUT2D eigenvalue weighted by Gasteiger charge is 2.37. The summed E-state index contributed by atoms with van der Waals surface area (Å²) in [5.41, 5.74) is 7.39. The fourth-order valence-electron chi connectivity index (χ4n) is 10.9. The Morgan fingerprint density at radius 3 is 1.87 bits per heavy atom. The Labute approximate surface area is 380 Å². The lowest BCUT2D eigenvalue weighted by Gasteiger charge is -2.17. The first-order chi connectivity index (χ1) is 32.9. The van der Waals surface area contributed by atoms with E-state index in [1.807, 2.05) is 49.4 Å². The zero-order valence-corrected chi connectivity index (χ0v) is 36.2. The minimum absolute atomic E-state index is 0.0501. The van der Waals surface area contributed by atoms with Crippen LogP contribution in [0, 0.1) is 20.8 Å². The molecule has 14 nitrogen and oxygen atoms in total. The van der Waals surface area contributed by atoms with Crippen molar-refractivity contribution < 1.29 is 44.2 Å². The number of hydrogen-bond donors (Lipinski definition) is 6. The fourth-order valence-corrected chi connectivity index (χ4v) is 10.9. The Hall–Kier alpha value is -9.17. The maximum atomic E-state index is 15.2. The van der Waals surface area contributed by atoms with Crippen LogP contribution in [0.3, 0.4) is 0 Å². The molecule has 0 fully saturated rings. The largest absolute Gasteiger partial charge is 0.507 e. The van der Waals surface area contributed by atoms with Crippen LogP contribution in [0.15, 0.2) is 103 Å². The summed E-state index contributed by atoms with van der Waals surface area (Å²) in [4.78, 5) is 25.5. The zero-order chi connectivity index (χ0) is 46.3. The van der Waals surface area contributed by atoms with Crippen molar-refractivity contribution >= 4 is 88.3 Å². The second kappa shape index (κ2) is 12.8. The van der Waals surface area contributed by atoms with Gasteiger partial charge in [-0.1, -0.05) is 66.7 Å². The Balaban J connectivity index is 1.07. The van der Waals surface area contributed by atoms with Gasteiger partial charge in [-0.25, -0.2) is 9.97 Å². The molecular weight excluding hydrogens is 865 g/mol. The van der Waals surface area contributed by atoms with Crippen LogP contribution in [0.2, 0.25) is 0 Å². The van der Waals surface area contributed by atoms with Crippen LogP contribution in [0.25, 0.3) is 128 Å². The van der Waals surface area contributed by atoms with E-state index in [9.17, 15) is 30.6 Å². The number of aromatic nitrogens is 4. The van der Waals surface area contributed by atoms with E-state index in [2.05, 4.69) is 48.6 Å². The fraction of sp³-hybridized carbons (Fsp3) is 0.0926. The number of phenols is 6. The summed E-state index contributed by atoms with van der Waals surface area (Å²) in [7, 11) is 0. The van der Waals surface area contributed by atoms with Gasteiger partial charge in [0.05, 0.1) is 27.7 Å². The van der Waals surface area contributed by atoms with Gasteiger partial charge in [0, 0.05) is 49.5 Å². The molecule has 0 spiro atoms. The number of aryl methyl sites for hydroxylation is 3. The van der Waals surface area contributed by atoms with Crippen molar-refractivity contribution in [2.75, 3.05) is 0 Å². The van der Waals surface area contributed by atoms with E-state index < -0.39 is 34.2 Å². The first kappa shape index (κ1) is 38.1. The van der Waals surface area contributed by atoms with Crippen molar-refractivity contribution in [2.45, 2.75) is 33.6 Å². The second-order valence-corrected chi connectivity index (χ2v) is 17.7. The van der Waals surface area contributed by atoms with Gasteiger partial charge in [0.1, 0.15) is 27.8 Å². The van der Waals surface area contributed by atoms with Crippen LogP contribution in [-0.2, 0) is 6.42 Å². The summed E-state index contributed by atoms with van der Waals surface area (Å²) in [6.45, 7) is 4.98. The number of hydrogen-bond acceptors (Lipinski definition) is 12. The molecular formula is C54H34N4O10. The second-order valence-electron chi connectivity index (χ2n) is 17.7. The number of allylic oxidation sites excluding steroid dienone is 1. The van der Waals surface area contributed by atoms with Gasteiger partial charge in [0.15, 0.2) is 34.2 Å². The molecule has 68 heavy (non-hydrogen) atoms. The molecule has 1 aliphatic rings. The van der Waals surface area contributed by atoms with Gasteiger partial charge < -0.3 is 39.6 Å². The Kier molecular flexibility index (Phi) is 7.17. The molecule has 1 aliphatic carbocycles. The monoisotopic (exact) mass is 898 g/mol. The van der Waals surface area contributed by atoms with Gasteiger partial charge in [0.2, 0.25) is 22.5 Å². The van der Waals surface area contributed by atoms with Crippen molar-refractivity contribution in [3.05, 3.63) is 123 Å². The van der Waals surface area contributed by atoms with Crippen LogP contribution in [0.4, 0.5) is 0 Å². The van der Waals surface area contributed by atoms with E-state index in [0.29, 0.717) is 38.9 Å². The molecule has 0 amide bonds. The van der Waals surface area contributed by atoms with Gasteiger partial charge in [-0.05, 0) is 80.1 Å². The first-order valence-electron chi connectivity index (χ1n) is 22.0. The third-order valence-electron chi connectivity index (χ3n) is 14.3. The molecule has 0 saturated heterocycles. The number of fused-ring (bicyclic) bond motifs is 1. The summed E-state index contributed by atoms with van der Waals surface area (Å²) >= 11 is 0. The minimum Gasteiger partial charge on any atom is -0.507 e. The van der Waals surface area contributed by atoms with Crippen molar-refractivity contribution in [2.24, 2.45) is 0 Å². The van der Waals surface area contributed by atoms with E-state index in [1.54, 1.807) is 11.5 Å². The molecule has 5 heterocycles. The normalized spacial score (nSPS) is 13.2. The minimum atomic E-state index is -0.801. The van der Waals surface area contributed by atoms with E-state index in [1.165, 1.54) is 11.3 Å². The summed E-state index contributed by atoms with van der Waals surface area (Å²) < 4.78 is 21.4. The van der Waals surface area contributed by atoms with Crippen LogP contribution >= 0.6 is 0 Å².